The fourth-order valence-corrected chi connectivity index (χ4v) is 9.55. The molecule has 1 aromatic carbocycles. The molecule has 0 bridgehead atoms. The lowest BCUT2D eigenvalue weighted by molar-refractivity contribution is -0.197. The Morgan fingerprint density at radius 3 is 2.61 bits per heavy atom. The van der Waals surface area contributed by atoms with Crippen LogP contribution in [0.2, 0.25) is 0 Å². The Bertz CT molecular complexity index is 1600. The maximum Gasteiger partial charge on any atom is 0.341 e. The number of phenols is 1. The van der Waals surface area contributed by atoms with Crippen LogP contribution in [0.5, 0.6) is 5.75 Å². The number of fused-ring (bicyclic) bond motifs is 1. The SMILES string of the molecule is CN(C)c1ccc(/C=C2\C=C(C(CC3C4(CO4)C(N4CCOCC4)CC4[C@]3(C)CC[C@@H](O)[C@@]4(C)CO)Nc3ccccn3)C(=O)O2)c(O)c1. The molecule has 0 radical (unpaired) electrons. The summed E-state index contributed by atoms with van der Waals surface area (Å²) in [6.07, 6.45) is 7.31. The van der Waals surface area contributed by atoms with Gasteiger partial charge in [0.25, 0.3) is 0 Å². The molecular weight excluding hydrogens is 624 g/mol. The molecule has 5 unspecified atom stereocenters. The smallest absolute Gasteiger partial charge is 0.341 e. The summed E-state index contributed by atoms with van der Waals surface area (Å²) < 4.78 is 18.2. The van der Waals surface area contributed by atoms with Crippen molar-refractivity contribution in [3.05, 3.63) is 65.6 Å². The van der Waals surface area contributed by atoms with Crippen LogP contribution in [-0.2, 0) is 19.0 Å². The molecule has 2 saturated carbocycles. The van der Waals surface area contributed by atoms with Crippen LogP contribution in [0.25, 0.3) is 6.08 Å². The summed E-state index contributed by atoms with van der Waals surface area (Å²) in [5.74, 6) is 0.639. The maximum absolute atomic E-state index is 13.7. The fourth-order valence-electron chi connectivity index (χ4n) is 9.55. The second-order valence-corrected chi connectivity index (χ2v) is 15.3. The Kier molecular flexibility index (Phi) is 9.02. The zero-order chi connectivity index (χ0) is 34.6. The predicted molar refractivity (Wildman–Crippen MR) is 186 cm³/mol. The molecule has 11 heteroatoms. The number of carbonyl (C=O) groups is 1. The Labute approximate surface area is 288 Å². The molecule has 4 heterocycles. The van der Waals surface area contributed by atoms with Gasteiger partial charge in [-0.2, -0.15) is 0 Å². The van der Waals surface area contributed by atoms with Crippen molar-refractivity contribution in [2.45, 2.75) is 63.3 Å². The van der Waals surface area contributed by atoms with E-state index in [-0.39, 0.29) is 35.6 Å². The number of phenolic OH excluding ortho intramolecular Hbond substituents is 1. The van der Waals surface area contributed by atoms with Gasteiger partial charge in [0.15, 0.2) is 0 Å². The quantitative estimate of drug-likeness (QED) is 0.228. The minimum absolute atomic E-state index is 0.0180. The Morgan fingerprint density at radius 1 is 1.18 bits per heavy atom. The van der Waals surface area contributed by atoms with E-state index in [0.717, 1.165) is 31.6 Å². The van der Waals surface area contributed by atoms with E-state index in [9.17, 15) is 20.1 Å². The molecule has 5 aliphatic rings. The number of aliphatic hydroxyl groups is 2. The number of allylic oxidation sites excluding steroid dienone is 1. The zero-order valence-corrected chi connectivity index (χ0v) is 29.0. The maximum atomic E-state index is 13.7. The number of nitrogens with zero attached hydrogens (tertiary/aromatic N) is 3. The van der Waals surface area contributed by atoms with Crippen molar-refractivity contribution in [2.75, 3.05) is 63.8 Å². The summed E-state index contributed by atoms with van der Waals surface area (Å²) in [4.78, 5) is 22.7. The summed E-state index contributed by atoms with van der Waals surface area (Å²) in [6.45, 7) is 7.78. The molecule has 4 N–H and O–H groups in total. The molecule has 3 aliphatic heterocycles. The van der Waals surface area contributed by atoms with Gasteiger partial charge in [-0.3, -0.25) is 4.90 Å². The zero-order valence-electron chi connectivity index (χ0n) is 29.0. The van der Waals surface area contributed by atoms with Gasteiger partial charge < -0.3 is 39.7 Å². The number of hydrogen-bond acceptors (Lipinski definition) is 11. The Hall–Kier alpha value is -3.48. The number of carbonyl (C=O) groups excluding carboxylic acids is 1. The van der Waals surface area contributed by atoms with Gasteiger partial charge in [-0.1, -0.05) is 19.9 Å². The largest absolute Gasteiger partial charge is 0.507 e. The molecule has 264 valence electrons. The van der Waals surface area contributed by atoms with Gasteiger partial charge in [0.1, 0.15) is 22.9 Å². The molecule has 2 aliphatic carbocycles. The number of ether oxygens (including phenoxy) is 3. The van der Waals surface area contributed by atoms with E-state index in [4.69, 9.17) is 14.2 Å². The molecule has 1 aromatic heterocycles. The average Bonchev–Trinajstić information content (AvgIpc) is 3.80. The number of epoxide rings is 1. The number of nitrogens with one attached hydrogen (secondary N) is 1. The molecule has 11 nitrogen and oxygen atoms in total. The molecule has 8 atom stereocenters. The van der Waals surface area contributed by atoms with Gasteiger partial charge in [-0.15, -0.1) is 0 Å². The van der Waals surface area contributed by atoms with E-state index in [2.05, 4.69) is 22.1 Å². The number of benzene rings is 1. The normalized spacial score (nSPS) is 35.8. The number of cyclic esters (lactones) is 1. The highest BCUT2D eigenvalue weighted by atomic mass is 16.6. The van der Waals surface area contributed by atoms with Crippen LogP contribution in [0.15, 0.2) is 60.0 Å². The third kappa shape index (κ3) is 6.03. The summed E-state index contributed by atoms with van der Waals surface area (Å²) in [5.41, 5.74) is 0.477. The highest BCUT2D eigenvalue weighted by molar-refractivity contribution is 5.95. The van der Waals surface area contributed by atoms with E-state index in [1.54, 1.807) is 30.5 Å². The summed E-state index contributed by atoms with van der Waals surface area (Å²) in [6, 6.07) is 10.7. The third-order valence-electron chi connectivity index (χ3n) is 12.4. The van der Waals surface area contributed by atoms with E-state index in [1.165, 1.54) is 0 Å². The van der Waals surface area contributed by atoms with Gasteiger partial charge in [0, 0.05) is 62.2 Å². The number of morpholine rings is 1. The molecule has 2 saturated heterocycles. The molecule has 49 heavy (non-hydrogen) atoms. The van der Waals surface area contributed by atoms with Crippen LogP contribution >= 0.6 is 0 Å². The van der Waals surface area contributed by atoms with Crippen LogP contribution in [0.4, 0.5) is 11.5 Å². The number of anilines is 2. The van der Waals surface area contributed by atoms with Gasteiger partial charge in [-0.05, 0) is 79.4 Å². The lowest BCUT2D eigenvalue weighted by atomic mass is 9.43. The summed E-state index contributed by atoms with van der Waals surface area (Å²) in [7, 11) is 3.81. The highest BCUT2D eigenvalue weighted by Gasteiger charge is 2.71. The monoisotopic (exact) mass is 674 g/mol. The second kappa shape index (κ2) is 13.0. The van der Waals surface area contributed by atoms with Crippen molar-refractivity contribution in [3.8, 4) is 5.75 Å². The Morgan fingerprint density at radius 2 is 1.96 bits per heavy atom. The lowest BCUT2D eigenvalue weighted by Gasteiger charge is -2.64. The lowest BCUT2D eigenvalue weighted by Crippen LogP contribution is -2.68. The number of aliphatic hydroxyl groups excluding tert-OH is 2. The number of rotatable bonds is 9. The van der Waals surface area contributed by atoms with Crippen molar-refractivity contribution in [1.82, 2.24) is 9.88 Å². The average molecular weight is 675 g/mol. The Balaban J connectivity index is 1.28. The third-order valence-corrected chi connectivity index (χ3v) is 12.4. The van der Waals surface area contributed by atoms with Gasteiger partial charge in [-0.25, -0.2) is 9.78 Å². The van der Waals surface area contributed by atoms with Gasteiger partial charge in [0.2, 0.25) is 0 Å². The summed E-state index contributed by atoms with van der Waals surface area (Å²) in [5, 5.41) is 36.6. The number of hydrogen-bond donors (Lipinski definition) is 4. The molecule has 7 rings (SSSR count). The molecule has 1 spiro atoms. The number of pyridine rings is 1. The van der Waals surface area contributed by atoms with Crippen LogP contribution in [0.1, 0.15) is 45.1 Å². The topological polar surface area (TPSA) is 140 Å². The van der Waals surface area contributed by atoms with Crippen molar-refractivity contribution < 1.29 is 34.3 Å². The highest BCUT2D eigenvalue weighted by Crippen LogP contribution is 2.67. The second-order valence-electron chi connectivity index (χ2n) is 15.3. The summed E-state index contributed by atoms with van der Waals surface area (Å²) >= 11 is 0. The first-order chi connectivity index (χ1) is 23.5. The van der Waals surface area contributed by atoms with Crippen LogP contribution in [0.3, 0.4) is 0 Å². The first-order valence-corrected chi connectivity index (χ1v) is 17.6. The minimum Gasteiger partial charge on any atom is -0.507 e. The van der Waals surface area contributed by atoms with Crippen molar-refractivity contribution in [3.63, 3.8) is 0 Å². The van der Waals surface area contributed by atoms with Crippen LogP contribution < -0.4 is 10.2 Å². The van der Waals surface area contributed by atoms with Crippen molar-refractivity contribution in [2.24, 2.45) is 22.7 Å². The minimum atomic E-state index is -0.679. The molecule has 4 fully saturated rings. The van der Waals surface area contributed by atoms with Gasteiger partial charge >= 0.3 is 5.97 Å². The van der Waals surface area contributed by atoms with E-state index < -0.39 is 29.1 Å². The number of aromatic hydroxyl groups is 1. The fraction of sp³-hybridized carbons (Fsp3) is 0.579. The first-order valence-electron chi connectivity index (χ1n) is 17.6. The molecule has 0 amide bonds. The van der Waals surface area contributed by atoms with Crippen LogP contribution in [0, 0.1) is 22.7 Å². The van der Waals surface area contributed by atoms with Crippen LogP contribution in [-0.4, -0.2) is 109 Å². The van der Waals surface area contributed by atoms with E-state index in [0.29, 0.717) is 55.4 Å². The van der Waals surface area contributed by atoms with Crippen molar-refractivity contribution >= 4 is 23.6 Å². The van der Waals surface area contributed by atoms with E-state index in [1.807, 2.05) is 50.2 Å². The van der Waals surface area contributed by atoms with E-state index >= 15 is 0 Å². The molecule has 2 aromatic rings. The number of aromatic nitrogens is 1. The standard InChI is InChI=1S/C38H50N4O7/c1-36-11-10-33(45)37(2,22-43)30(36)21-32(42-13-15-47-16-14-42)38(23-48-38)31(36)20-28(40-34-7-5-6-12-39-34)27-19-26(49-35(27)46)17-24-8-9-25(41(3)4)18-29(24)44/h5-9,12,17-19,28,30-33,43-45H,10-11,13-16,20-23H2,1-4H3,(H,39,40)/b26-17+/t28?,30?,31?,32?,33-,36+,37+,38?/m1/s1. The first kappa shape index (κ1) is 34.0. The number of esters is 1. The van der Waals surface area contributed by atoms with Crippen molar-refractivity contribution in [1.29, 1.82) is 0 Å². The van der Waals surface area contributed by atoms with Gasteiger partial charge in [0.05, 0.1) is 44.1 Å². The molecular formula is C38H50N4O7. The predicted octanol–water partition coefficient (Wildman–Crippen LogP) is 3.81.